The number of halogens is 1. The van der Waals surface area contributed by atoms with Gasteiger partial charge in [0.2, 0.25) is 0 Å². The molecule has 0 aromatic carbocycles. The first-order chi connectivity index (χ1) is 1.00. The Hall–Kier alpha value is 0.696. The van der Waals surface area contributed by atoms with Gasteiger partial charge in [0, 0.05) is 0 Å². The van der Waals surface area contributed by atoms with Crippen LogP contribution in [0.25, 0.3) is 0 Å². The van der Waals surface area contributed by atoms with E-state index >= 15 is 0 Å². The molecular weight excluding hydrogens is 67.3 g/mol. The second kappa shape index (κ2) is 55.4. The van der Waals surface area contributed by atoms with Crippen molar-refractivity contribution in [2.45, 2.75) is 6.92 Å². The van der Waals surface area contributed by atoms with E-state index in [0.717, 1.165) is 0 Å². The Balaban J connectivity index is -0.00000000500. The molecule has 0 aromatic heterocycles. The van der Waals surface area contributed by atoms with Gasteiger partial charge in [-0.05, 0) is 0 Å². The van der Waals surface area contributed by atoms with Gasteiger partial charge >= 0.3 is 23.1 Å². The van der Waals surface area contributed by atoms with Gasteiger partial charge < -0.3 is 11.6 Å². The van der Waals surface area contributed by atoms with E-state index in [1.165, 1.54) is 0 Å². The van der Waals surface area contributed by atoms with E-state index in [2.05, 4.69) is 6.92 Å². The fraction of sp³-hybridized carbons (Fsp3) is 0.500. The van der Waals surface area contributed by atoms with Crippen molar-refractivity contribution in [3.8, 4) is 0 Å². The molecule has 0 N–H and O–H groups in total. The van der Waals surface area contributed by atoms with Gasteiger partial charge in [-0.25, -0.2) is 0 Å². The third-order valence-corrected chi connectivity index (χ3v) is 0. The van der Waals surface area contributed by atoms with Gasteiger partial charge in [0.05, 0.1) is 0 Å². The first kappa shape index (κ1) is 22.3. The van der Waals surface area contributed by atoms with Crippen LogP contribution in [-0.4, -0.2) is 23.1 Å². The number of hydrogen-bond acceptors (Lipinski definition) is 0. The molecule has 0 aliphatic rings. The first-order valence-electron chi connectivity index (χ1n) is 0.707. The fourth-order valence-electron chi connectivity index (χ4n) is 0. The van der Waals surface area contributed by atoms with Gasteiger partial charge in [0.15, 0.2) is 0 Å². The summed E-state index contributed by atoms with van der Waals surface area (Å²) < 4.78 is 0. The second-order valence-electron chi connectivity index (χ2n) is 0. The summed E-state index contributed by atoms with van der Waals surface area (Å²) in [6.07, 6.45) is 0. The molecule has 0 atom stereocenters. The predicted molar refractivity (Wildman–Crippen MR) is 16.8 cm³/mol. The van der Waals surface area contributed by atoms with E-state index < -0.39 is 0 Å². The van der Waals surface area contributed by atoms with Crippen LogP contribution in [0.3, 0.4) is 0 Å². The average molecular weight is 72.4 g/mol. The topological polar surface area (TPSA) is 0 Å². The third-order valence-electron chi connectivity index (χ3n) is 0. The quantitative estimate of drug-likeness (QED) is 0.219. The Labute approximate surface area is 42.1 Å². The summed E-state index contributed by atoms with van der Waals surface area (Å²) in [5.74, 6) is 0. The van der Waals surface area contributed by atoms with Gasteiger partial charge in [-0.2, -0.15) is 6.92 Å². The van der Waals surface area contributed by atoms with Crippen LogP contribution in [0.2, 0.25) is 0 Å². The average Bonchev–Trinajstić information content (AvgIpc) is 1.00. The van der Waals surface area contributed by atoms with Crippen molar-refractivity contribution in [3.63, 3.8) is 0 Å². The maximum atomic E-state index is 3.25. The van der Waals surface area contributed by atoms with Crippen molar-refractivity contribution in [1.82, 2.24) is 0 Å². The van der Waals surface area contributed by atoms with Crippen molar-refractivity contribution in [1.29, 1.82) is 0 Å². The molecule has 0 saturated carbocycles. The monoisotopic (exact) mass is 72.0 g/mol. The van der Waals surface area contributed by atoms with Crippen LogP contribution in [0.1, 0.15) is 6.92 Å². The largest absolute Gasteiger partial charge is 2.00 e. The second-order valence-corrected chi connectivity index (χ2v) is 0. The molecule has 0 heterocycles. The minimum absolute atomic E-state index is 0. The molecule has 0 radical (unpaired) electrons. The molecule has 0 aliphatic heterocycles. The predicted octanol–water partition coefficient (Wildman–Crippen LogP) is -2.54. The molecule has 0 bridgehead atoms. The van der Waals surface area contributed by atoms with E-state index in [4.69, 9.17) is 0 Å². The normalized spacial score (nSPS) is 1.50. The molecule has 0 nitrogen and oxygen atoms in total. The summed E-state index contributed by atoms with van der Waals surface area (Å²) in [5, 5.41) is 0. The summed E-state index contributed by atoms with van der Waals surface area (Å²) in [6, 6.07) is 0. The van der Waals surface area contributed by atoms with Crippen LogP contribution in [-0.2, 0) is 0 Å². The SMILES string of the molecule is [CH2-]C.[F-].[Mg+2]. The Morgan fingerprint density at radius 1 is 1.25 bits per heavy atom. The number of hydrogen-bond donors (Lipinski definition) is 0. The van der Waals surface area contributed by atoms with Crippen LogP contribution >= 0.6 is 0 Å². The van der Waals surface area contributed by atoms with Crippen molar-refractivity contribution >= 4 is 23.1 Å². The molecule has 0 aromatic rings. The van der Waals surface area contributed by atoms with E-state index in [0.29, 0.717) is 0 Å². The third kappa shape index (κ3) is 16.0. The molecule has 0 fully saturated rings. The van der Waals surface area contributed by atoms with E-state index in [1.54, 1.807) is 6.92 Å². The van der Waals surface area contributed by atoms with E-state index in [-0.39, 0.29) is 27.8 Å². The fourth-order valence-corrected chi connectivity index (χ4v) is 0. The minimum atomic E-state index is 0. The zero-order valence-corrected chi connectivity index (χ0v) is 4.21. The van der Waals surface area contributed by atoms with Crippen LogP contribution in [0, 0.1) is 6.92 Å². The molecule has 0 amide bonds. The molecular formula is C2H5FMg. The molecule has 2 heteroatoms. The molecule has 4 heavy (non-hydrogen) atoms. The van der Waals surface area contributed by atoms with Gasteiger partial charge in [0.25, 0.3) is 0 Å². The summed E-state index contributed by atoms with van der Waals surface area (Å²) in [7, 11) is 0. The Morgan fingerprint density at radius 3 is 1.25 bits per heavy atom. The summed E-state index contributed by atoms with van der Waals surface area (Å²) >= 11 is 0. The zero-order valence-electron chi connectivity index (χ0n) is 2.79. The molecule has 0 rings (SSSR count). The summed E-state index contributed by atoms with van der Waals surface area (Å²) in [5.41, 5.74) is 0. The van der Waals surface area contributed by atoms with Gasteiger partial charge in [-0.3, -0.25) is 0 Å². The Kier molecular flexibility index (Phi) is 309. The first-order valence-corrected chi connectivity index (χ1v) is 0.707. The summed E-state index contributed by atoms with van der Waals surface area (Å²) in [4.78, 5) is 0. The summed E-state index contributed by atoms with van der Waals surface area (Å²) in [6.45, 7) is 5.00. The van der Waals surface area contributed by atoms with Crippen molar-refractivity contribution in [2.24, 2.45) is 0 Å². The van der Waals surface area contributed by atoms with Crippen molar-refractivity contribution in [3.05, 3.63) is 6.92 Å². The van der Waals surface area contributed by atoms with Crippen LogP contribution in [0.15, 0.2) is 0 Å². The molecule has 0 aliphatic carbocycles. The molecule has 22 valence electrons. The standard InChI is InChI=1S/C2H5.FH.Mg/c1-2;;/h1H2,2H3;1H;/q-1;;+2/p-1. The maximum absolute atomic E-state index is 3.25. The van der Waals surface area contributed by atoms with Gasteiger partial charge in [-0.15, -0.1) is 0 Å². The van der Waals surface area contributed by atoms with Crippen molar-refractivity contribution < 1.29 is 4.70 Å². The molecule has 0 spiro atoms. The minimum Gasteiger partial charge on any atom is -1.00 e. The van der Waals surface area contributed by atoms with Gasteiger partial charge in [-0.1, -0.05) is 0 Å². The molecule has 0 saturated heterocycles. The van der Waals surface area contributed by atoms with Crippen LogP contribution in [0.5, 0.6) is 0 Å². The molecule has 0 unspecified atom stereocenters. The Morgan fingerprint density at radius 2 is 1.25 bits per heavy atom. The zero-order chi connectivity index (χ0) is 2.00. The van der Waals surface area contributed by atoms with Crippen LogP contribution in [0.4, 0.5) is 0 Å². The van der Waals surface area contributed by atoms with Crippen molar-refractivity contribution in [2.75, 3.05) is 0 Å². The van der Waals surface area contributed by atoms with E-state index in [9.17, 15) is 0 Å². The van der Waals surface area contributed by atoms with Crippen LogP contribution < -0.4 is 4.70 Å². The van der Waals surface area contributed by atoms with Gasteiger partial charge in [0.1, 0.15) is 0 Å². The smallest absolute Gasteiger partial charge is 1.00 e. The van der Waals surface area contributed by atoms with E-state index in [1.807, 2.05) is 0 Å². The Bertz CT molecular complexity index is 6.00. The maximum Gasteiger partial charge on any atom is 2.00 e. The number of rotatable bonds is 0.